The summed E-state index contributed by atoms with van der Waals surface area (Å²) < 4.78 is 25.6. The van der Waals surface area contributed by atoms with Gasteiger partial charge in [0, 0.05) is 5.38 Å². The molecule has 0 spiro atoms. The van der Waals surface area contributed by atoms with Gasteiger partial charge < -0.3 is 14.8 Å². The maximum Gasteiger partial charge on any atom is 0.260 e. The topological polar surface area (TPSA) is 102 Å². The smallest absolute Gasteiger partial charge is 0.260 e. The molecule has 1 amide bonds. The number of rotatable bonds is 6. The van der Waals surface area contributed by atoms with Crippen molar-refractivity contribution in [1.82, 2.24) is 20.2 Å². The van der Waals surface area contributed by atoms with E-state index >= 15 is 0 Å². The van der Waals surface area contributed by atoms with Crippen molar-refractivity contribution < 1.29 is 18.7 Å². The first-order valence-electron chi connectivity index (χ1n) is 8.67. The summed E-state index contributed by atoms with van der Waals surface area (Å²) in [4.78, 5) is 21.1. The highest BCUT2D eigenvalue weighted by Gasteiger charge is 2.21. The molecular formula is C19H15ClFN5O3S. The lowest BCUT2D eigenvalue weighted by Gasteiger charge is -2.11. The van der Waals surface area contributed by atoms with E-state index in [9.17, 15) is 9.18 Å². The number of nitrogens with zero attached hydrogens (tertiary/aromatic N) is 3. The number of ether oxygens (including phenoxy) is 2. The van der Waals surface area contributed by atoms with Gasteiger partial charge in [-0.2, -0.15) is 0 Å². The number of thiazole rings is 1. The van der Waals surface area contributed by atoms with Crippen molar-refractivity contribution in [2.45, 2.75) is 13.5 Å². The third-order valence-corrected chi connectivity index (χ3v) is 5.29. The van der Waals surface area contributed by atoms with Crippen molar-refractivity contribution in [1.29, 1.82) is 0 Å². The highest BCUT2D eigenvalue weighted by atomic mass is 35.5. The van der Waals surface area contributed by atoms with Crippen molar-refractivity contribution in [3.05, 3.63) is 56.9 Å². The van der Waals surface area contributed by atoms with Crippen LogP contribution in [0.3, 0.4) is 0 Å². The minimum Gasteiger partial charge on any atom is -0.484 e. The number of anilines is 1. The number of benzene rings is 1. The Bertz CT molecular complexity index is 1240. The number of hydrogen-bond acceptors (Lipinski definition) is 7. The maximum absolute atomic E-state index is 15.0. The molecule has 3 heterocycles. The Morgan fingerprint density at radius 1 is 1.40 bits per heavy atom. The van der Waals surface area contributed by atoms with E-state index in [0.717, 1.165) is 5.01 Å². The molecule has 0 aliphatic rings. The van der Waals surface area contributed by atoms with Crippen LogP contribution in [0.15, 0.2) is 29.8 Å². The second-order valence-electron chi connectivity index (χ2n) is 6.19. The third kappa shape index (κ3) is 3.91. The Hall–Kier alpha value is -3.24. The second kappa shape index (κ2) is 8.25. The molecule has 0 aliphatic heterocycles. The van der Waals surface area contributed by atoms with E-state index in [4.69, 9.17) is 21.1 Å². The second-order valence-corrected chi connectivity index (χ2v) is 7.66. The molecule has 0 unspecified atom stereocenters. The lowest BCUT2D eigenvalue weighted by molar-refractivity contribution is 0.102. The summed E-state index contributed by atoms with van der Waals surface area (Å²) in [7, 11) is 1.47. The van der Waals surface area contributed by atoms with Crippen LogP contribution in [0.5, 0.6) is 11.6 Å². The fraction of sp³-hybridized carbons (Fsp3) is 0.158. The van der Waals surface area contributed by atoms with Crippen molar-refractivity contribution in [3.8, 4) is 11.6 Å². The van der Waals surface area contributed by atoms with Crippen molar-refractivity contribution in [3.63, 3.8) is 0 Å². The third-order valence-electron chi connectivity index (χ3n) is 4.16. The van der Waals surface area contributed by atoms with Crippen LogP contribution in [0.25, 0.3) is 11.0 Å². The minimum atomic E-state index is -0.859. The number of halogens is 2. The molecule has 1 aromatic carbocycles. The van der Waals surface area contributed by atoms with Crippen LogP contribution in [0, 0.1) is 12.7 Å². The summed E-state index contributed by atoms with van der Waals surface area (Å²) in [5, 5.41) is 12.5. The van der Waals surface area contributed by atoms with E-state index in [1.807, 2.05) is 12.3 Å². The standard InChI is InChI=1S/C19H15ClFN5O3S/c1-9-23-11(8-30-9)7-29-14-4-3-13(20)15(16(14)21)18(27)24-10-5-12-17(22-6-10)25-26-19(12)28-2/h3-6,8H,7H2,1-2H3,(H,24,27)(H,22,25,26). The van der Waals surface area contributed by atoms with Crippen LogP contribution >= 0.6 is 22.9 Å². The summed E-state index contributed by atoms with van der Waals surface area (Å²) in [6.07, 6.45) is 1.41. The lowest BCUT2D eigenvalue weighted by Crippen LogP contribution is -2.15. The number of carbonyl (C=O) groups is 1. The van der Waals surface area contributed by atoms with Crippen molar-refractivity contribution in [2.24, 2.45) is 0 Å². The van der Waals surface area contributed by atoms with Gasteiger partial charge >= 0.3 is 0 Å². The molecule has 0 aliphatic carbocycles. The Morgan fingerprint density at radius 3 is 2.97 bits per heavy atom. The van der Waals surface area contributed by atoms with Crippen molar-refractivity contribution >= 4 is 45.6 Å². The first-order chi connectivity index (χ1) is 14.5. The van der Waals surface area contributed by atoms with E-state index in [0.29, 0.717) is 28.3 Å². The van der Waals surface area contributed by atoms with E-state index in [2.05, 4.69) is 25.5 Å². The molecule has 30 heavy (non-hydrogen) atoms. The Balaban J connectivity index is 1.57. The number of carbonyl (C=O) groups excluding carboxylic acids is 1. The van der Waals surface area contributed by atoms with Gasteiger partial charge in [0.1, 0.15) is 6.61 Å². The van der Waals surface area contributed by atoms with Crippen LogP contribution in [0.4, 0.5) is 10.1 Å². The molecule has 0 bridgehead atoms. The van der Waals surface area contributed by atoms with Crippen LogP contribution < -0.4 is 14.8 Å². The average molecular weight is 448 g/mol. The number of hydrogen-bond donors (Lipinski definition) is 2. The average Bonchev–Trinajstić information content (AvgIpc) is 3.32. The molecule has 2 N–H and O–H groups in total. The normalized spacial score (nSPS) is 10.9. The molecule has 8 nitrogen and oxygen atoms in total. The number of fused-ring (bicyclic) bond motifs is 1. The van der Waals surface area contributed by atoms with Crippen LogP contribution in [-0.4, -0.2) is 33.2 Å². The van der Waals surface area contributed by atoms with Gasteiger partial charge in [0.05, 0.1) is 45.7 Å². The minimum absolute atomic E-state index is 0.0446. The molecule has 0 radical (unpaired) electrons. The number of aromatic nitrogens is 4. The van der Waals surface area contributed by atoms with Gasteiger partial charge in [0.25, 0.3) is 5.91 Å². The quantitative estimate of drug-likeness (QED) is 0.455. The highest BCUT2D eigenvalue weighted by Crippen LogP contribution is 2.30. The van der Waals surface area contributed by atoms with Gasteiger partial charge in [-0.1, -0.05) is 11.6 Å². The van der Waals surface area contributed by atoms with Gasteiger partial charge in [-0.25, -0.2) is 14.4 Å². The van der Waals surface area contributed by atoms with Gasteiger partial charge in [0.2, 0.25) is 5.88 Å². The SMILES string of the molecule is COc1n[nH]c2ncc(NC(=O)c3c(Cl)ccc(OCc4csc(C)n4)c3F)cc12. The molecule has 3 aromatic heterocycles. The van der Waals surface area contributed by atoms with Gasteiger partial charge in [-0.05, 0) is 25.1 Å². The van der Waals surface area contributed by atoms with E-state index in [1.54, 1.807) is 6.07 Å². The zero-order chi connectivity index (χ0) is 21.3. The molecule has 154 valence electrons. The zero-order valence-electron chi connectivity index (χ0n) is 15.8. The predicted octanol–water partition coefficient (Wildman–Crippen LogP) is 4.36. The molecule has 4 rings (SSSR count). The van der Waals surface area contributed by atoms with E-state index in [1.165, 1.54) is 36.8 Å². The van der Waals surface area contributed by atoms with Crippen LogP contribution in [-0.2, 0) is 6.61 Å². The molecule has 4 aromatic rings. The Labute approximate surface area is 179 Å². The van der Waals surface area contributed by atoms with Crippen LogP contribution in [0.1, 0.15) is 21.1 Å². The van der Waals surface area contributed by atoms with E-state index < -0.39 is 11.7 Å². The number of pyridine rings is 1. The van der Waals surface area contributed by atoms with Gasteiger partial charge in [-0.3, -0.25) is 9.89 Å². The summed E-state index contributed by atoms with van der Waals surface area (Å²) in [5.74, 6) is -1.37. The zero-order valence-corrected chi connectivity index (χ0v) is 17.4. The molecule has 0 saturated carbocycles. The number of aromatic amines is 1. The Kier molecular flexibility index (Phi) is 5.51. The molecule has 0 saturated heterocycles. The van der Waals surface area contributed by atoms with E-state index in [-0.39, 0.29) is 22.9 Å². The predicted molar refractivity (Wildman–Crippen MR) is 111 cm³/mol. The number of H-pyrrole nitrogens is 1. The summed E-state index contributed by atoms with van der Waals surface area (Å²) in [5.41, 5.74) is 1.16. The lowest BCUT2D eigenvalue weighted by atomic mass is 10.1. The molecular weight excluding hydrogens is 433 g/mol. The number of nitrogens with one attached hydrogen (secondary N) is 2. The fourth-order valence-electron chi connectivity index (χ4n) is 2.78. The first kappa shape index (κ1) is 20.0. The summed E-state index contributed by atoms with van der Waals surface area (Å²) >= 11 is 7.56. The van der Waals surface area contributed by atoms with Gasteiger partial charge in [-0.15, -0.1) is 16.4 Å². The molecule has 0 atom stereocenters. The number of aryl methyl sites for hydroxylation is 1. The maximum atomic E-state index is 15.0. The number of amides is 1. The Morgan fingerprint density at radius 2 is 2.23 bits per heavy atom. The monoisotopic (exact) mass is 447 g/mol. The van der Waals surface area contributed by atoms with Crippen molar-refractivity contribution in [2.75, 3.05) is 12.4 Å². The number of methoxy groups -OCH3 is 1. The summed E-state index contributed by atoms with van der Waals surface area (Å²) in [6.45, 7) is 1.94. The highest BCUT2D eigenvalue weighted by molar-refractivity contribution is 7.09. The molecule has 0 fully saturated rings. The molecule has 11 heteroatoms. The fourth-order valence-corrected chi connectivity index (χ4v) is 3.61. The summed E-state index contributed by atoms with van der Waals surface area (Å²) in [6, 6.07) is 4.39. The first-order valence-corrected chi connectivity index (χ1v) is 9.93. The largest absolute Gasteiger partial charge is 0.484 e. The van der Waals surface area contributed by atoms with Gasteiger partial charge in [0.15, 0.2) is 17.2 Å². The van der Waals surface area contributed by atoms with Crippen LogP contribution in [0.2, 0.25) is 5.02 Å².